The van der Waals surface area contributed by atoms with Gasteiger partial charge in [-0.25, -0.2) is 0 Å². The van der Waals surface area contributed by atoms with Crippen LogP contribution < -0.4 is 26.2 Å². The first-order valence-electron chi connectivity index (χ1n) is 8.65. The molecule has 2 aromatic carbocycles. The van der Waals surface area contributed by atoms with Crippen molar-refractivity contribution in [3.8, 4) is 5.75 Å². The zero-order valence-electron chi connectivity index (χ0n) is 15.5. The number of nitrogens with one attached hydrogen (secondary N) is 4. The van der Waals surface area contributed by atoms with Crippen molar-refractivity contribution in [1.82, 2.24) is 16.2 Å². The first kappa shape index (κ1) is 23.8. The van der Waals surface area contributed by atoms with Crippen LogP contribution in [0.15, 0.2) is 57.5 Å². The van der Waals surface area contributed by atoms with E-state index in [0.29, 0.717) is 15.9 Å². The number of hydrogen-bond donors (Lipinski definition) is 4. The largest absolute Gasteiger partial charge is 0.483 e. The fraction of sp³-hybridized carbons (Fsp3) is 0.158. The van der Waals surface area contributed by atoms with Gasteiger partial charge in [-0.2, -0.15) is 0 Å². The maximum Gasteiger partial charge on any atom is 0.264 e. The molecule has 11 heteroatoms. The molecule has 0 bridgehead atoms. The van der Waals surface area contributed by atoms with E-state index < -0.39 is 11.8 Å². The monoisotopic (exact) mass is 556 g/mol. The molecule has 0 fully saturated rings. The highest BCUT2D eigenvalue weighted by Gasteiger charge is 2.10. The van der Waals surface area contributed by atoms with Crippen molar-refractivity contribution in [2.75, 3.05) is 11.9 Å². The van der Waals surface area contributed by atoms with Crippen molar-refractivity contribution in [2.45, 2.75) is 12.8 Å². The predicted octanol–water partition coefficient (Wildman–Crippen LogP) is 3.03. The summed E-state index contributed by atoms with van der Waals surface area (Å²) in [6.07, 6.45) is -0.0552. The van der Waals surface area contributed by atoms with Gasteiger partial charge in [0.25, 0.3) is 5.91 Å². The lowest BCUT2D eigenvalue weighted by atomic mass is 10.2. The number of hydrazine groups is 1. The Morgan fingerprint density at radius 3 is 2.30 bits per heavy atom. The van der Waals surface area contributed by atoms with Gasteiger partial charge in [0.15, 0.2) is 11.7 Å². The summed E-state index contributed by atoms with van der Waals surface area (Å²) >= 11 is 11.6. The van der Waals surface area contributed by atoms with Crippen molar-refractivity contribution in [3.63, 3.8) is 0 Å². The number of halogens is 2. The maximum atomic E-state index is 11.9. The summed E-state index contributed by atoms with van der Waals surface area (Å²) in [5, 5.41) is 4.96. The molecule has 0 spiro atoms. The Morgan fingerprint density at radius 1 is 0.900 bits per heavy atom. The number of carbonyl (C=O) groups is 3. The molecule has 0 aliphatic rings. The van der Waals surface area contributed by atoms with Gasteiger partial charge in [-0.1, -0.05) is 34.1 Å². The molecule has 0 aromatic heterocycles. The predicted molar refractivity (Wildman–Crippen MR) is 124 cm³/mol. The van der Waals surface area contributed by atoms with Crippen LogP contribution in [0.1, 0.15) is 12.8 Å². The minimum absolute atomic E-state index is 0.00254. The van der Waals surface area contributed by atoms with Gasteiger partial charge < -0.3 is 10.1 Å². The average Bonchev–Trinajstić information content (AvgIpc) is 2.71. The number of rotatable bonds is 7. The van der Waals surface area contributed by atoms with Gasteiger partial charge in [0.05, 0.1) is 4.47 Å². The molecular weight excluding hydrogens is 540 g/mol. The molecule has 0 unspecified atom stereocenters. The highest BCUT2D eigenvalue weighted by atomic mass is 79.9. The van der Waals surface area contributed by atoms with Gasteiger partial charge in [-0.05, 0) is 58.5 Å². The molecule has 0 aliphatic carbocycles. The molecule has 2 rings (SSSR count). The van der Waals surface area contributed by atoms with E-state index in [1.165, 1.54) is 0 Å². The van der Waals surface area contributed by atoms with Crippen molar-refractivity contribution >= 4 is 72.6 Å². The van der Waals surface area contributed by atoms with Crippen molar-refractivity contribution in [1.29, 1.82) is 0 Å². The highest BCUT2D eigenvalue weighted by Crippen LogP contribution is 2.28. The van der Waals surface area contributed by atoms with Gasteiger partial charge in [-0.15, -0.1) is 0 Å². The summed E-state index contributed by atoms with van der Waals surface area (Å²) in [6.45, 7) is -0.268. The van der Waals surface area contributed by atoms with Gasteiger partial charge in [0, 0.05) is 23.0 Å². The Morgan fingerprint density at radius 2 is 1.60 bits per heavy atom. The van der Waals surface area contributed by atoms with E-state index in [0.717, 1.165) is 4.47 Å². The number of carbonyl (C=O) groups excluding carboxylic acids is 3. The smallest absolute Gasteiger partial charge is 0.264 e. The third-order valence-electron chi connectivity index (χ3n) is 3.46. The average molecular weight is 558 g/mol. The molecule has 0 atom stereocenters. The first-order valence-corrected chi connectivity index (χ1v) is 10.6. The number of amides is 3. The number of para-hydroxylation sites is 1. The zero-order valence-corrected chi connectivity index (χ0v) is 19.5. The minimum Gasteiger partial charge on any atom is -0.483 e. The quantitative estimate of drug-likeness (QED) is 0.308. The van der Waals surface area contributed by atoms with Gasteiger partial charge in [-0.3, -0.25) is 30.6 Å². The van der Waals surface area contributed by atoms with Crippen LogP contribution in [0.25, 0.3) is 0 Å². The standard InChI is InChI=1S/C19H18Br2N4O4S/c20-12-6-7-15(14(21)10-12)29-11-18(28)23-19(30)25-24-17(27)9-8-16(26)22-13-4-2-1-3-5-13/h1-7,10H,8-9,11H2,(H,22,26)(H,24,27)(H2,23,25,28,30). The molecule has 8 nitrogen and oxygen atoms in total. The number of thiocarbonyl (C=S) groups is 1. The van der Waals surface area contributed by atoms with Crippen molar-refractivity contribution in [3.05, 3.63) is 57.5 Å². The van der Waals surface area contributed by atoms with Gasteiger partial charge in [0.1, 0.15) is 5.75 Å². The van der Waals surface area contributed by atoms with E-state index in [-0.39, 0.29) is 30.5 Å². The second-order valence-corrected chi connectivity index (χ2v) is 8.01. The maximum absolute atomic E-state index is 11.9. The van der Waals surface area contributed by atoms with Crippen molar-refractivity contribution < 1.29 is 19.1 Å². The third-order valence-corrected chi connectivity index (χ3v) is 4.77. The molecule has 0 saturated heterocycles. The molecule has 0 aliphatic heterocycles. The number of benzene rings is 2. The molecule has 3 amide bonds. The summed E-state index contributed by atoms with van der Waals surface area (Å²) in [4.78, 5) is 35.5. The number of hydrogen-bond acceptors (Lipinski definition) is 5. The first-order chi connectivity index (χ1) is 14.3. The lowest BCUT2D eigenvalue weighted by molar-refractivity contribution is -0.125. The Balaban J connectivity index is 1.62. The normalized spacial score (nSPS) is 9.93. The van der Waals surface area contributed by atoms with Crippen LogP contribution in [0.5, 0.6) is 5.75 Å². The SMILES string of the molecule is O=C(CCC(=O)Nc1ccccc1)NNC(=S)NC(=O)COc1ccc(Br)cc1Br. The van der Waals surface area contributed by atoms with Crippen LogP contribution in [0, 0.1) is 0 Å². The number of ether oxygens (including phenoxy) is 1. The second kappa shape index (κ2) is 12.3. The van der Waals surface area contributed by atoms with E-state index in [9.17, 15) is 14.4 Å². The van der Waals surface area contributed by atoms with Crippen LogP contribution >= 0.6 is 44.1 Å². The van der Waals surface area contributed by atoms with Crippen molar-refractivity contribution in [2.24, 2.45) is 0 Å². The summed E-state index contributed by atoms with van der Waals surface area (Å²) in [7, 11) is 0. The summed E-state index contributed by atoms with van der Waals surface area (Å²) in [6, 6.07) is 14.2. The van der Waals surface area contributed by atoms with Gasteiger partial charge >= 0.3 is 0 Å². The molecule has 2 aromatic rings. The third kappa shape index (κ3) is 8.89. The van der Waals surface area contributed by atoms with E-state index in [2.05, 4.69) is 53.3 Å². The highest BCUT2D eigenvalue weighted by molar-refractivity contribution is 9.11. The van der Waals surface area contributed by atoms with E-state index in [4.69, 9.17) is 17.0 Å². The fourth-order valence-electron chi connectivity index (χ4n) is 2.09. The van der Waals surface area contributed by atoms with E-state index >= 15 is 0 Å². The second-order valence-electron chi connectivity index (χ2n) is 5.83. The molecule has 4 N–H and O–H groups in total. The summed E-state index contributed by atoms with van der Waals surface area (Å²) in [5.41, 5.74) is 5.37. The van der Waals surface area contributed by atoms with Crippen LogP contribution in [0.4, 0.5) is 5.69 Å². The number of anilines is 1. The topological polar surface area (TPSA) is 109 Å². The van der Waals surface area contributed by atoms with Crippen LogP contribution in [-0.4, -0.2) is 29.4 Å². The molecule has 30 heavy (non-hydrogen) atoms. The molecule has 158 valence electrons. The zero-order chi connectivity index (χ0) is 21.9. The lowest BCUT2D eigenvalue weighted by Gasteiger charge is -2.12. The van der Waals surface area contributed by atoms with E-state index in [1.54, 1.807) is 42.5 Å². The summed E-state index contributed by atoms with van der Waals surface area (Å²) < 4.78 is 6.95. The minimum atomic E-state index is -0.501. The Bertz CT molecular complexity index is 928. The van der Waals surface area contributed by atoms with Crippen LogP contribution in [0.3, 0.4) is 0 Å². The molecule has 0 heterocycles. The van der Waals surface area contributed by atoms with Crippen LogP contribution in [0.2, 0.25) is 0 Å². The van der Waals surface area contributed by atoms with Crippen LogP contribution in [-0.2, 0) is 14.4 Å². The lowest BCUT2D eigenvalue weighted by Crippen LogP contribution is -2.49. The molecular formula is C19H18Br2N4O4S. The Hall–Kier alpha value is -2.50. The van der Waals surface area contributed by atoms with E-state index in [1.807, 2.05) is 6.07 Å². The molecule has 0 saturated carbocycles. The fourth-order valence-corrected chi connectivity index (χ4v) is 3.42. The summed E-state index contributed by atoms with van der Waals surface area (Å²) in [5.74, 6) is -0.749. The van der Waals surface area contributed by atoms with Gasteiger partial charge in [0.2, 0.25) is 11.8 Å². The Labute approximate surface area is 195 Å². The Kier molecular flexibility index (Phi) is 9.71. The molecule has 0 radical (unpaired) electrons.